The highest BCUT2D eigenvalue weighted by atomic mass is 16.7. The highest BCUT2D eigenvalue weighted by Gasteiger charge is 2.51. The van der Waals surface area contributed by atoms with Gasteiger partial charge in [-0.15, -0.1) is 0 Å². The van der Waals surface area contributed by atoms with E-state index in [-0.39, 0.29) is 22.4 Å². The number of carbonyl (C=O) groups is 3. The predicted molar refractivity (Wildman–Crippen MR) is 150 cm³/mol. The fourth-order valence-corrected chi connectivity index (χ4v) is 4.48. The zero-order valence-corrected chi connectivity index (χ0v) is 22.8. The first-order valence-corrected chi connectivity index (χ1v) is 13.1. The monoisotopic (exact) mass is 586 g/mol. The lowest BCUT2D eigenvalue weighted by atomic mass is 10.1. The molecular weight excluding hydrogens is 560 g/mol. The van der Waals surface area contributed by atoms with Crippen LogP contribution in [0.2, 0.25) is 0 Å². The van der Waals surface area contributed by atoms with Crippen molar-refractivity contribution >= 4 is 17.9 Å². The Balaban J connectivity index is 1.53. The van der Waals surface area contributed by atoms with Crippen molar-refractivity contribution in [1.29, 1.82) is 0 Å². The molecule has 12 heteroatoms. The zero-order valence-electron chi connectivity index (χ0n) is 22.8. The third-order valence-electron chi connectivity index (χ3n) is 6.61. The van der Waals surface area contributed by atoms with E-state index >= 15 is 0 Å². The molecule has 12 nitrogen and oxygen atoms in total. The highest BCUT2D eigenvalue weighted by Crippen LogP contribution is 2.35. The van der Waals surface area contributed by atoms with Gasteiger partial charge in [-0.05, 0) is 36.4 Å². The molecular formula is C31H26N2O10. The van der Waals surface area contributed by atoms with Crippen LogP contribution in [0.25, 0.3) is 0 Å². The molecule has 0 aliphatic carbocycles. The first kappa shape index (κ1) is 29.0. The van der Waals surface area contributed by atoms with Crippen LogP contribution in [-0.2, 0) is 18.9 Å². The zero-order chi connectivity index (χ0) is 30.3. The maximum Gasteiger partial charge on any atom is 0.338 e. The lowest BCUT2D eigenvalue weighted by Crippen LogP contribution is -2.43. The van der Waals surface area contributed by atoms with Crippen LogP contribution in [0.5, 0.6) is 5.75 Å². The van der Waals surface area contributed by atoms with Gasteiger partial charge in [-0.3, -0.25) is 14.3 Å². The summed E-state index contributed by atoms with van der Waals surface area (Å²) in [5.41, 5.74) is -1.06. The van der Waals surface area contributed by atoms with Crippen molar-refractivity contribution in [2.45, 2.75) is 24.5 Å². The lowest BCUT2D eigenvalue weighted by molar-refractivity contribution is -0.0642. The number of hydrogen-bond acceptors (Lipinski definition) is 10. The van der Waals surface area contributed by atoms with Crippen LogP contribution < -0.4 is 16.0 Å². The number of benzene rings is 3. The van der Waals surface area contributed by atoms with Gasteiger partial charge in [-0.25, -0.2) is 19.2 Å². The number of H-pyrrole nitrogens is 1. The van der Waals surface area contributed by atoms with Crippen LogP contribution >= 0.6 is 0 Å². The number of esters is 3. The van der Waals surface area contributed by atoms with Crippen molar-refractivity contribution in [3.63, 3.8) is 0 Å². The number of hydrogen-bond donors (Lipinski definition) is 1. The van der Waals surface area contributed by atoms with Crippen molar-refractivity contribution in [3.05, 3.63) is 135 Å². The van der Waals surface area contributed by atoms with Crippen molar-refractivity contribution in [2.24, 2.45) is 0 Å². The Kier molecular flexibility index (Phi) is 8.77. The molecule has 1 aliphatic heterocycles. The van der Waals surface area contributed by atoms with Gasteiger partial charge in [0.05, 0.1) is 30.0 Å². The largest absolute Gasteiger partial charge is 0.490 e. The number of nitrogens with zero attached hydrogens (tertiary/aromatic N) is 1. The fourth-order valence-electron chi connectivity index (χ4n) is 4.48. The Bertz CT molecular complexity index is 1700. The van der Waals surface area contributed by atoms with E-state index in [0.29, 0.717) is 0 Å². The summed E-state index contributed by atoms with van der Waals surface area (Å²) in [6.45, 7) is -0.439. The number of carbonyl (C=O) groups excluding carboxylic acids is 3. The number of aromatic amines is 1. The van der Waals surface area contributed by atoms with Crippen LogP contribution in [0.15, 0.2) is 107 Å². The molecule has 4 unspecified atom stereocenters. The molecule has 3 aromatic carbocycles. The Morgan fingerprint density at radius 1 is 0.744 bits per heavy atom. The van der Waals surface area contributed by atoms with E-state index in [1.807, 2.05) is 0 Å². The molecule has 1 fully saturated rings. The molecule has 4 atom stereocenters. The minimum absolute atomic E-state index is 0.180. The summed E-state index contributed by atoms with van der Waals surface area (Å²) >= 11 is 0. The third-order valence-corrected chi connectivity index (χ3v) is 6.61. The van der Waals surface area contributed by atoms with Gasteiger partial charge in [0, 0.05) is 0 Å². The normalized spacial score (nSPS) is 19.3. The molecule has 5 rings (SSSR count). The first-order chi connectivity index (χ1) is 20.9. The van der Waals surface area contributed by atoms with Crippen molar-refractivity contribution in [3.8, 4) is 5.75 Å². The number of rotatable bonds is 9. The second kappa shape index (κ2) is 13.0. The topological polar surface area (TPSA) is 152 Å². The molecule has 0 amide bonds. The van der Waals surface area contributed by atoms with Gasteiger partial charge in [0.25, 0.3) is 5.56 Å². The summed E-state index contributed by atoms with van der Waals surface area (Å²) < 4.78 is 29.2. The maximum atomic E-state index is 13.2. The molecule has 0 saturated carbocycles. The van der Waals surface area contributed by atoms with Crippen molar-refractivity contribution < 1.29 is 38.1 Å². The quantitative estimate of drug-likeness (QED) is 0.229. The Morgan fingerprint density at radius 2 is 1.23 bits per heavy atom. The van der Waals surface area contributed by atoms with Crippen molar-refractivity contribution in [1.82, 2.24) is 9.55 Å². The molecule has 43 heavy (non-hydrogen) atoms. The van der Waals surface area contributed by atoms with E-state index in [0.717, 1.165) is 10.8 Å². The average molecular weight is 587 g/mol. The van der Waals surface area contributed by atoms with Gasteiger partial charge < -0.3 is 23.7 Å². The van der Waals surface area contributed by atoms with E-state index in [1.54, 1.807) is 66.7 Å². The predicted octanol–water partition coefficient (Wildman–Crippen LogP) is 2.75. The number of aromatic nitrogens is 2. The highest BCUT2D eigenvalue weighted by molar-refractivity contribution is 5.91. The Labute approximate surface area is 244 Å². The van der Waals surface area contributed by atoms with E-state index in [1.165, 1.54) is 31.4 Å². The minimum Gasteiger partial charge on any atom is -0.490 e. The SMILES string of the molecule is COc1cn(C2OC(COC(=O)c3ccccc3)C(OC(=O)c3ccccc3)C2OC(=O)c2ccccc2)c(=O)[nH]c1=O. The van der Waals surface area contributed by atoms with Crippen LogP contribution in [0.4, 0.5) is 0 Å². The van der Waals surface area contributed by atoms with Crippen molar-refractivity contribution in [2.75, 3.05) is 13.7 Å². The second-order valence-corrected chi connectivity index (χ2v) is 9.37. The molecule has 220 valence electrons. The average Bonchev–Trinajstić information content (AvgIpc) is 3.36. The first-order valence-electron chi connectivity index (χ1n) is 13.1. The van der Waals surface area contributed by atoms with Gasteiger partial charge in [-0.2, -0.15) is 0 Å². The Hall–Kier alpha value is -5.49. The molecule has 4 aromatic rings. The van der Waals surface area contributed by atoms with Gasteiger partial charge in [0.1, 0.15) is 12.7 Å². The minimum atomic E-state index is -1.44. The van der Waals surface area contributed by atoms with E-state index in [9.17, 15) is 24.0 Å². The number of ether oxygens (including phenoxy) is 5. The molecule has 0 radical (unpaired) electrons. The van der Waals surface area contributed by atoms with Crippen LogP contribution in [0, 0.1) is 0 Å². The van der Waals surface area contributed by atoms with Crippen LogP contribution in [0.1, 0.15) is 37.3 Å². The number of methoxy groups -OCH3 is 1. The summed E-state index contributed by atoms with van der Waals surface area (Å²) in [5.74, 6) is -2.48. The van der Waals surface area contributed by atoms with E-state index < -0.39 is 60.3 Å². The summed E-state index contributed by atoms with van der Waals surface area (Å²) in [5, 5.41) is 0. The third kappa shape index (κ3) is 6.54. The molecule has 2 heterocycles. The standard InChI is InChI=1S/C31H26N2O10/c1-39-22-17-33(31(38)32-26(22)34)27-25(43-30(37)21-15-9-4-10-16-21)24(42-29(36)20-13-7-3-8-14-20)23(41-27)18-40-28(35)19-11-5-2-6-12-19/h2-17,23-25,27H,18H2,1H3,(H,32,34,38). The lowest BCUT2D eigenvalue weighted by Gasteiger charge is -2.25. The van der Waals surface area contributed by atoms with Gasteiger partial charge >= 0.3 is 23.6 Å². The summed E-state index contributed by atoms with van der Waals surface area (Å²) in [7, 11) is 1.23. The summed E-state index contributed by atoms with van der Waals surface area (Å²) in [6, 6.07) is 24.3. The van der Waals surface area contributed by atoms with Gasteiger partial charge in [-0.1, -0.05) is 54.6 Å². The molecule has 1 saturated heterocycles. The molecule has 1 aliphatic rings. The van der Waals surface area contributed by atoms with E-state index in [2.05, 4.69) is 4.98 Å². The van der Waals surface area contributed by atoms with E-state index in [4.69, 9.17) is 23.7 Å². The van der Waals surface area contributed by atoms with Gasteiger partial charge in [0.15, 0.2) is 18.4 Å². The van der Waals surface area contributed by atoms with Crippen LogP contribution in [-0.4, -0.2) is 59.5 Å². The molecule has 1 aromatic heterocycles. The summed E-state index contributed by atoms with van der Waals surface area (Å²) in [4.78, 5) is 66.4. The molecule has 0 bridgehead atoms. The molecule has 0 spiro atoms. The fraction of sp³-hybridized carbons (Fsp3) is 0.194. The number of nitrogens with one attached hydrogen (secondary N) is 1. The Morgan fingerprint density at radius 3 is 1.74 bits per heavy atom. The second-order valence-electron chi connectivity index (χ2n) is 9.37. The van der Waals surface area contributed by atoms with Gasteiger partial charge in [0.2, 0.25) is 5.75 Å². The van der Waals surface area contributed by atoms with Crippen LogP contribution in [0.3, 0.4) is 0 Å². The molecule has 1 N–H and O–H groups in total. The smallest absolute Gasteiger partial charge is 0.338 e. The maximum absolute atomic E-state index is 13.2. The summed E-state index contributed by atoms with van der Waals surface area (Å²) in [6.07, 6.45) is -4.35.